The fraction of sp³-hybridized carbons (Fsp3) is 0.273. The van der Waals surface area contributed by atoms with Gasteiger partial charge < -0.3 is 5.11 Å². The second-order valence-corrected chi connectivity index (χ2v) is 6.40. The van der Waals surface area contributed by atoms with Gasteiger partial charge in [-0.25, -0.2) is 8.42 Å². The summed E-state index contributed by atoms with van der Waals surface area (Å²) in [6.07, 6.45) is 3.45. The average molecular weight is 318 g/mol. The van der Waals surface area contributed by atoms with Crippen molar-refractivity contribution in [1.82, 2.24) is 4.31 Å². The number of hydrogen-bond donors (Lipinski definition) is 1. The van der Waals surface area contributed by atoms with E-state index in [2.05, 4.69) is 15.9 Å². The molecule has 0 aliphatic carbocycles. The number of benzene rings is 1. The third kappa shape index (κ3) is 2.30. The number of halogens is 1. The van der Waals surface area contributed by atoms with E-state index in [0.29, 0.717) is 11.0 Å². The fourth-order valence-corrected chi connectivity index (χ4v) is 4.25. The third-order valence-corrected chi connectivity index (χ3v) is 5.53. The van der Waals surface area contributed by atoms with Crippen molar-refractivity contribution in [3.8, 4) is 0 Å². The van der Waals surface area contributed by atoms with Crippen molar-refractivity contribution in [2.45, 2.75) is 10.9 Å². The summed E-state index contributed by atoms with van der Waals surface area (Å²) < 4.78 is 26.6. The molecule has 4 nitrogen and oxygen atoms in total. The molecule has 6 heteroatoms. The van der Waals surface area contributed by atoms with Crippen LogP contribution in [0.25, 0.3) is 0 Å². The van der Waals surface area contributed by atoms with E-state index in [-0.39, 0.29) is 11.5 Å². The van der Waals surface area contributed by atoms with E-state index in [0.717, 1.165) is 0 Å². The normalized spacial score (nSPS) is 20.9. The Morgan fingerprint density at radius 1 is 1.41 bits per heavy atom. The van der Waals surface area contributed by atoms with Crippen LogP contribution in [-0.4, -0.2) is 37.0 Å². The highest BCUT2D eigenvalue weighted by atomic mass is 79.9. The molecule has 1 aromatic carbocycles. The zero-order chi connectivity index (χ0) is 12.5. The van der Waals surface area contributed by atoms with Gasteiger partial charge in [0.15, 0.2) is 0 Å². The summed E-state index contributed by atoms with van der Waals surface area (Å²) in [7, 11) is -3.57. The molecule has 1 aromatic rings. The molecule has 1 heterocycles. The SMILES string of the molecule is O=S(=O)(c1ccccc1Br)N1CC=C[C@H]1CO. The molecule has 0 saturated carbocycles. The summed E-state index contributed by atoms with van der Waals surface area (Å²) in [5.74, 6) is 0. The van der Waals surface area contributed by atoms with Gasteiger partial charge >= 0.3 is 0 Å². The van der Waals surface area contributed by atoms with Crippen LogP contribution in [-0.2, 0) is 10.0 Å². The lowest BCUT2D eigenvalue weighted by atomic mass is 10.3. The maximum Gasteiger partial charge on any atom is 0.245 e. The zero-order valence-corrected chi connectivity index (χ0v) is 11.4. The van der Waals surface area contributed by atoms with Gasteiger partial charge in [-0.3, -0.25) is 0 Å². The molecule has 0 amide bonds. The smallest absolute Gasteiger partial charge is 0.245 e. The first kappa shape index (κ1) is 12.8. The molecule has 0 aromatic heterocycles. The Labute approximate surface area is 109 Å². The van der Waals surface area contributed by atoms with Crippen LogP contribution >= 0.6 is 15.9 Å². The van der Waals surface area contributed by atoms with Crippen LogP contribution in [0.1, 0.15) is 0 Å². The molecule has 1 N–H and O–H groups in total. The topological polar surface area (TPSA) is 57.6 Å². The number of nitrogens with zero attached hydrogens (tertiary/aromatic N) is 1. The van der Waals surface area contributed by atoms with E-state index in [1.54, 1.807) is 36.4 Å². The Kier molecular flexibility index (Phi) is 3.67. The van der Waals surface area contributed by atoms with Gasteiger partial charge in [-0.2, -0.15) is 4.31 Å². The largest absolute Gasteiger partial charge is 0.394 e. The van der Waals surface area contributed by atoms with Crippen molar-refractivity contribution in [3.63, 3.8) is 0 Å². The van der Waals surface area contributed by atoms with Crippen LogP contribution in [0.15, 0.2) is 45.8 Å². The molecule has 0 bridgehead atoms. The Hall–Kier alpha value is -0.690. The Morgan fingerprint density at radius 2 is 2.12 bits per heavy atom. The minimum atomic E-state index is -3.57. The van der Waals surface area contributed by atoms with Crippen LogP contribution in [0.2, 0.25) is 0 Å². The van der Waals surface area contributed by atoms with E-state index in [4.69, 9.17) is 5.11 Å². The van der Waals surface area contributed by atoms with Crippen molar-refractivity contribution in [2.75, 3.05) is 13.2 Å². The summed E-state index contributed by atoms with van der Waals surface area (Å²) in [6, 6.07) is 6.20. The maximum atomic E-state index is 12.4. The first-order valence-corrected chi connectivity index (χ1v) is 7.34. The summed E-state index contributed by atoms with van der Waals surface area (Å²) in [4.78, 5) is 0.224. The molecular weight excluding hydrogens is 306 g/mol. The predicted molar refractivity (Wildman–Crippen MR) is 68.0 cm³/mol. The highest BCUT2D eigenvalue weighted by Gasteiger charge is 2.32. The standard InChI is InChI=1S/C11H12BrNO3S/c12-10-5-1-2-6-11(10)17(15,16)13-7-3-4-9(13)8-14/h1-6,9,14H,7-8H2/t9-/m0/s1. The molecule has 1 aliphatic heterocycles. The first-order valence-electron chi connectivity index (χ1n) is 5.11. The lowest BCUT2D eigenvalue weighted by molar-refractivity contribution is 0.230. The van der Waals surface area contributed by atoms with E-state index in [9.17, 15) is 8.42 Å². The van der Waals surface area contributed by atoms with Gasteiger partial charge in [-0.15, -0.1) is 0 Å². The van der Waals surface area contributed by atoms with Gasteiger partial charge in [0.1, 0.15) is 0 Å². The van der Waals surface area contributed by atoms with Gasteiger partial charge in [-0.1, -0.05) is 24.3 Å². The Morgan fingerprint density at radius 3 is 2.76 bits per heavy atom. The van der Waals surface area contributed by atoms with E-state index >= 15 is 0 Å². The summed E-state index contributed by atoms with van der Waals surface area (Å²) in [5, 5.41) is 9.15. The van der Waals surface area contributed by atoms with Crippen molar-refractivity contribution in [2.24, 2.45) is 0 Å². The van der Waals surface area contributed by atoms with Crippen LogP contribution in [0, 0.1) is 0 Å². The number of sulfonamides is 1. The molecule has 2 rings (SSSR count). The lowest BCUT2D eigenvalue weighted by Crippen LogP contribution is -2.38. The fourth-order valence-electron chi connectivity index (χ4n) is 1.76. The molecule has 0 radical (unpaired) electrons. The number of hydrogen-bond acceptors (Lipinski definition) is 3. The first-order chi connectivity index (χ1) is 8.07. The molecule has 92 valence electrons. The van der Waals surface area contributed by atoms with Crippen molar-refractivity contribution in [3.05, 3.63) is 40.9 Å². The van der Waals surface area contributed by atoms with Crippen LogP contribution in [0.3, 0.4) is 0 Å². The summed E-state index contributed by atoms with van der Waals surface area (Å²) in [5.41, 5.74) is 0. The van der Waals surface area contributed by atoms with Crippen LogP contribution < -0.4 is 0 Å². The third-order valence-electron chi connectivity index (χ3n) is 2.62. The van der Waals surface area contributed by atoms with Crippen molar-refractivity contribution < 1.29 is 13.5 Å². The lowest BCUT2D eigenvalue weighted by Gasteiger charge is -2.22. The number of aliphatic hydroxyl groups is 1. The molecule has 0 saturated heterocycles. The summed E-state index contributed by atoms with van der Waals surface area (Å²) >= 11 is 3.23. The predicted octanol–water partition coefficient (Wildman–Crippen LogP) is 1.37. The van der Waals surface area contributed by atoms with Gasteiger partial charge in [0, 0.05) is 11.0 Å². The molecule has 17 heavy (non-hydrogen) atoms. The molecule has 1 aliphatic rings. The highest BCUT2D eigenvalue weighted by molar-refractivity contribution is 9.10. The Balaban J connectivity index is 2.41. The van der Waals surface area contributed by atoms with E-state index < -0.39 is 16.1 Å². The molecular formula is C11H12BrNO3S. The van der Waals surface area contributed by atoms with Gasteiger partial charge in [0.05, 0.1) is 17.5 Å². The summed E-state index contributed by atoms with van der Waals surface area (Å²) in [6.45, 7) is 0.0923. The van der Waals surface area contributed by atoms with Crippen molar-refractivity contribution in [1.29, 1.82) is 0 Å². The Bertz CT molecular complexity index is 541. The molecule has 0 fully saturated rings. The van der Waals surface area contributed by atoms with Crippen LogP contribution in [0.5, 0.6) is 0 Å². The molecule has 0 unspecified atom stereocenters. The van der Waals surface area contributed by atoms with Gasteiger partial charge in [0.25, 0.3) is 0 Å². The van der Waals surface area contributed by atoms with Crippen LogP contribution in [0.4, 0.5) is 0 Å². The minimum Gasteiger partial charge on any atom is -0.394 e. The van der Waals surface area contributed by atoms with E-state index in [1.165, 1.54) is 4.31 Å². The second-order valence-electron chi connectivity index (χ2n) is 3.68. The minimum absolute atomic E-state index is 0.208. The molecule has 0 spiro atoms. The van der Waals surface area contributed by atoms with Gasteiger partial charge in [-0.05, 0) is 28.1 Å². The second kappa shape index (κ2) is 4.89. The number of aliphatic hydroxyl groups excluding tert-OH is 1. The molecule has 1 atom stereocenters. The van der Waals surface area contributed by atoms with Crippen molar-refractivity contribution >= 4 is 26.0 Å². The number of rotatable bonds is 3. The highest BCUT2D eigenvalue weighted by Crippen LogP contribution is 2.27. The van der Waals surface area contributed by atoms with Gasteiger partial charge in [0.2, 0.25) is 10.0 Å². The maximum absolute atomic E-state index is 12.4. The zero-order valence-electron chi connectivity index (χ0n) is 8.95. The average Bonchev–Trinajstić information content (AvgIpc) is 2.78. The quantitative estimate of drug-likeness (QED) is 0.857. The van der Waals surface area contributed by atoms with E-state index in [1.807, 2.05) is 0 Å². The monoisotopic (exact) mass is 317 g/mol.